The average Bonchev–Trinajstić information content (AvgIpc) is 3.41. The first-order valence-electron chi connectivity index (χ1n) is 7.53. The summed E-state index contributed by atoms with van der Waals surface area (Å²) in [6.45, 7) is 0. The second-order valence-corrected chi connectivity index (χ2v) is 5.67. The van der Waals surface area contributed by atoms with E-state index in [9.17, 15) is 0 Å². The van der Waals surface area contributed by atoms with Crippen molar-refractivity contribution in [2.45, 2.75) is 18.8 Å². The zero-order valence-electron chi connectivity index (χ0n) is 11.9. The highest BCUT2D eigenvalue weighted by atomic mass is 14.7. The maximum Gasteiger partial charge on any atom is 0.0711 e. The van der Waals surface area contributed by atoms with E-state index >= 15 is 0 Å². The van der Waals surface area contributed by atoms with Gasteiger partial charge in [-0.3, -0.25) is 4.98 Å². The fourth-order valence-corrected chi connectivity index (χ4v) is 2.69. The lowest BCUT2D eigenvalue weighted by molar-refractivity contribution is 1.03. The summed E-state index contributed by atoms with van der Waals surface area (Å²) in [4.78, 5) is 4.89. The van der Waals surface area contributed by atoms with Crippen LogP contribution in [0.15, 0.2) is 72.8 Å². The highest BCUT2D eigenvalue weighted by Gasteiger charge is 2.26. The maximum atomic E-state index is 4.89. The van der Waals surface area contributed by atoms with Crippen LogP contribution in [0.2, 0.25) is 0 Å². The Morgan fingerprint density at radius 3 is 1.90 bits per heavy atom. The van der Waals surface area contributed by atoms with Crippen molar-refractivity contribution in [2.75, 3.05) is 0 Å². The molecule has 1 fully saturated rings. The first-order valence-corrected chi connectivity index (χ1v) is 7.53. The lowest BCUT2D eigenvalue weighted by Gasteiger charge is -2.09. The number of benzene rings is 2. The van der Waals surface area contributed by atoms with Gasteiger partial charge >= 0.3 is 0 Å². The summed E-state index contributed by atoms with van der Waals surface area (Å²) in [5.41, 5.74) is 6.05. The smallest absolute Gasteiger partial charge is 0.0711 e. The van der Waals surface area contributed by atoms with E-state index in [-0.39, 0.29) is 0 Å². The molecule has 1 saturated carbocycles. The molecule has 1 heterocycles. The summed E-state index contributed by atoms with van der Waals surface area (Å²) in [5, 5.41) is 0. The van der Waals surface area contributed by atoms with Gasteiger partial charge in [-0.2, -0.15) is 0 Å². The van der Waals surface area contributed by atoms with Crippen LogP contribution in [0.4, 0.5) is 0 Å². The molecule has 0 atom stereocenters. The fourth-order valence-electron chi connectivity index (χ4n) is 2.69. The molecule has 0 bridgehead atoms. The predicted octanol–water partition coefficient (Wildman–Crippen LogP) is 5.29. The maximum absolute atomic E-state index is 4.89. The third kappa shape index (κ3) is 2.59. The number of hydrogen-bond acceptors (Lipinski definition) is 1. The summed E-state index contributed by atoms with van der Waals surface area (Å²) in [6.07, 6.45) is 2.55. The lowest BCUT2D eigenvalue weighted by Crippen LogP contribution is -1.92. The van der Waals surface area contributed by atoms with E-state index in [1.807, 2.05) is 6.07 Å². The molecule has 4 rings (SSSR count). The molecule has 102 valence electrons. The highest BCUT2D eigenvalue weighted by molar-refractivity contribution is 5.71. The van der Waals surface area contributed by atoms with Gasteiger partial charge in [-0.1, -0.05) is 60.7 Å². The highest BCUT2D eigenvalue weighted by Crippen LogP contribution is 2.41. The van der Waals surface area contributed by atoms with Gasteiger partial charge < -0.3 is 0 Å². The molecule has 0 amide bonds. The monoisotopic (exact) mass is 271 g/mol. The summed E-state index contributed by atoms with van der Waals surface area (Å²) in [7, 11) is 0. The Morgan fingerprint density at radius 2 is 1.29 bits per heavy atom. The lowest BCUT2D eigenvalue weighted by atomic mass is 10.0. The summed E-state index contributed by atoms with van der Waals surface area (Å²) in [6, 6.07) is 25.5. The van der Waals surface area contributed by atoms with Crippen LogP contribution in [0, 0.1) is 0 Å². The quantitative estimate of drug-likeness (QED) is 0.630. The molecule has 1 aliphatic carbocycles. The van der Waals surface area contributed by atoms with E-state index < -0.39 is 0 Å². The van der Waals surface area contributed by atoms with E-state index in [2.05, 4.69) is 66.7 Å². The van der Waals surface area contributed by atoms with Gasteiger partial charge in [-0.15, -0.1) is 0 Å². The number of hydrogen-bond donors (Lipinski definition) is 0. The number of nitrogens with zero attached hydrogens (tertiary/aromatic N) is 1. The molecule has 0 radical (unpaired) electrons. The molecule has 0 spiro atoms. The van der Waals surface area contributed by atoms with E-state index in [4.69, 9.17) is 4.98 Å². The zero-order valence-corrected chi connectivity index (χ0v) is 11.9. The molecular weight excluding hydrogens is 254 g/mol. The number of rotatable bonds is 3. The van der Waals surface area contributed by atoms with Crippen molar-refractivity contribution in [1.29, 1.82) is 0 Å². The van der Waals surface area contributed by atoms with Crippen LogP contribution >= 0.6 is 0 Å². The van der Waals surface area contributed by atoms with Crippen molar-refractivity contribution in [3.05, 3.63) is 78.5 Å². The molecule has 21 heavy (non-hydrogen) atoms. The van der Waals surface area contributed by atoms with Gasteiger partial charge in [-0.05, 0) is 36.1 Å². The van der Waals surface area contributed by atoms with Crippen molar-refractivity contribution < 1.29 is 0 Å². The molecule has 1 heteroatoms. The molecule has 1 aliphatic rings. The van der Waals surface area contributed by atoms with Crippen molar-refractivity contribution in [1.82, 2.24) is 4.98 Å². The van der Waals surface area contributed by atoms with Crippen LogP contribution in [0.5, 0.6) is 0 Å². The molecule has 0 N–H and O–H groups in total. The second-order valence-electron chi connectivity index (χ2n) is 5.67. The molecule has 3 aromatic rings. The van der Waals surface area contributed by atoms with Gasteiger partial charge in [0.15, 0.2) is 0 Å². The van der Waals surface area contributed by atoms with Gasteiger partial charge in [0.2, 0.25) is 0 Å². The number of aromatic nitrogens is 1. The van der Waals surface area contributed by atoms with E-state index in [1.54, 1.807) is 0 Å². The van der Waals surface area contributed by atoms with Gasteiger partial charge in [0.1, 0.15) is 0 Å². The Kier molecular flexibility index (Phi) is 3.04. The summed E-state index contributed by atoms with van der Waals surface area (Å²) < 4.78 is 0. The van der Waals surface area contributed by atoms with Crippen molar-refractivity contribution >= 4 is 0 Å². The minimum Gasteiger partial charge on any atom is -0.253 e. The van der Waals surface area contributed by atoms with Crippen molar-refractivity contribution in [3.63, 3.8) is 0 Å². The Hall–Kier alpha value is -2.41. The van der Waals surface area contributed by atoms with E-state index in [0.29, 0.717) is 5.92 Å². The van der Waals surface area contributed by atoms with Gasteiger partial charge in [0.25, 0.3) is 0 Å². The van der Waals surface area contributed by atoms with Crippen LogP contribution in [-0.2, 0) is 0 Å². The summed E-state index contributed by atoms with van der Waals surface area (Å²) >= 11 is 0. The van der Waals surface area contributed by atoms with Crippen molar-refractivity contribution in [3.8, 4) is 22.4 Å². The minimum absolute atomic E-state index is 0.663. The van der Waals surface area contributed by atoms with E-state index in [0.717, 1.165) is 5.69 Å². The molecule has 0 unspecified atom stereocenters. The first-order chi connectivity index (χ1) is 10.4. The van der Waals surface area contributed by atoms with E-state index in [1.165, 1.54) is 35.2 Å². The average molecular weight is 271 g/mol. The van der Waals surface area contributed by atoms with Crippen LogP contribution < -0.4 is 0 Å². The van der Waals surface area contributed by atoms with Crippen LogP contribution in [0.1, 0.15) is 24.5 Å². The molecule has 0 aliphatic heterocycles. The third-order valence-corrected chi connectivity index (χ3v) is 4.02. The Labute approximate surface area is 125 Å². The van der Waals surface area contributed by atoms with Crippen LogP contribution in [0.25, 0.3) is 22.4 Å². The molecule has 1 nitrogen and oxygen atoms in total. The normalized spacial score (nSPS) is 14.1. The fraction of sp³-hybridized carbons (Fsp3) is 0.150. The number of pyridine rings is 1. The second kappa shape index (κ2) is 5.17. The standard InChI is InChI=1S/C20H17N/c1-3-7-15(8-4-1)18-13-19(16-9-5-2-6-10-16)21-20(14-18)17-11-12-17/h1-10,13-14,17H,11-12H2. The zero-order chi connectivity index (χ0) is 14.1. The molecule has 1 aromatic heterocycles. The Morgan fingerprint density at radius 1 is 0.667 bits per heavy atom. The Bertz CT molecular complexity index is 686. The van der Waals surface area contributed by atoms with Gasteiger partial charge in [-0.25, -0.2) is 0 Å². The molecule has 2 aromatic carbocycles. The SMILES string of the molecule is c1ccc(-c2cc(-c3ccccc3)nc(C3CC3)c2)cc1. The Balaban J connectivity index is 1.86. The van der Waals surface area contributed by atoms with Crippen molar-refractivity contribution in [2.24, 2.45) is 0 Å². The first kappa shape index (κ1) is 12.3. The topological polar surface area (TPSA) is 12.9 Å². The molecule has 0 saturated heterocycles. The summed E-state index contributed by atoms with van der Waals surface area (Å²) in [5.74, 6) is 0.663. The van der Waals surface area contributed by atoms with Crippen LogP contribution in [0.3, 0.4) is 0 Å². The minimum atomic E-state index is 0.663. The third-order valence-electron chi connectivity index (χ3n) is 4.02. The van der Waals surface area contributed by atoms with Crippen LogP contribution in [-0.4, -0.2) is 4.98 Å². The van der Waals surface area contributed by atoms with Gasteiger partial charge in [0, 0.05) is 17.2 Å². The molecular formula is C20H17N. The van der Waals surface area contributed by atoms with Gasteiger partial charge in [0.05, 0.1) is 5.69 Å². The predicted molar refractivity (Wildman–Crippen MR) is 87.1 cm³/mol. The largest absolute Gasteiger partial charge is 0.253 e.